The van der Waals surface area contributed by atoms with Crippen LogP contribution in [0.2, 0.25) is 0 Å². The molecule has 11 heavy (non-hydrogen) atoms. The van der Waals surface area contributed by atoms with Gasteiger partial charge in [0.05, 0.1) is 0 Å². The maximum Gasteiger partial charge on any atom is 0.348 e. The highest BCUT2D eigenvalue weighted by Gasteiger charge is 1.82. The molecule has 0 saturated heterocycles. The molecule has 0 amide bonds. The largest absolute Gasteiger partial charge is 0.477 e. The van der Waals surface area contributed by atoms with Crippen molar-refractivity contribution in [1.29, 1.82) is 0 Å². The lowest BCUT2D eigenvalue weighted by atomic mass is 10.8. The number of nitrogens with zero attached hydrogens (tertiary/aromatic N) is 2. The van der Waals surface area contributed by atoms with Crippen LogP contribution in [0.5, 0.6) is 0 Å². The Morgan fingerprint density at radius 1 is 1.64 bits per heavy atom. The van der Waals surface area contributed by atoms with E-state index in [0.29, 0.717) is 6.21 Å². The zero-order chi connectivity index (χ0) is 7.11. The summed E-state index contributed by atoms with van der Waals surface area (Å²) in [6.45, 7) is 0. The van der Waals surface area contributed by atoms with Crippen molar-refractivity contribution in [3.63, 3.8) is 0 Å². The van der Waals surface area contributed by atoms with Gasteiger partial charge >= 0.3 is 5.97 Å². The van der Waals surface area contributed by atoms with Crippen LogP contribution in [0.25, 0.3) is 0 Å². The molecule has 0 unspecified atom stereocenters. The Bertz CT molecular complexity index is 148. The molecule has 0 aliphatic heterocycles. The van der Waals surface area contributed by atoms with Crippen LogP contribution >= 0.6 is 12.4 Å². The molecule has 6 N–H and O–H groups in total. The first kappa shape index (κ1) is 16.3. The molecule has 0 bridgehead atoms. The van der Waals surface area contributed by atoms with E-state index in [-0.39, 0.29) is 17.9 Å². The van der Waals surface area contributed by atoms with Gasteiger partial charge in [0, 0.05) is 0 Å². The molecule has 0 aliphatic carbocycles. The second-order valence-electron chi connectivity index (χ2n) is 1.00. The molecular weight excluding hydrogens is 176 g/mol. The van der Waals surface area contributed by atoms with Crippen LogP contribution in [0, 0.1) is 0 Å². The second-order valence-corrected chi connectivity index (χ2v) is 1.00. The Morgan fingerprint density at radius 2 is 2.18 bits per heavy atom. The molecule has 0 heterocycles. The topological polar surface area (TPSA) is 132 Å². The summed E-state index contributed by atoms with van der Waals surface area (Å²) in [5, 5.41) is 14.1. The van der Waals surface area contributed by atoms with Crippen LogP contribution in [0.4, 0.5) is 0 Å². The first-order valence-corrected chi connectivity index (χ1v) is 2.00. The summed E-state index contributed by atoms with van der Waals surface area (Å²) < 4.78 is 0. The van der Waals surface area contributed by atoms with E-state index in [1.54, 1.807) is 0 Å². The number of halogens is 1. The van der Waals surface area contributed by atoms with Gasteiger partial charge in [-0.15, -0.1) is 12.4 Å². The summed E-state index contributed by atoms with van der Waals surface area (Å²) >= 11 is 0. The normalized spacial score (nSPS) is 8.73. The molecule has 0 saturated carbocycles. The van der Waals surface area contributed by atoms with E-state index in [9.17, 15) is 4.79 Å². The predicted molar refractivity (Wildman–Crippen MR) is 42.8 cm³/mol. The number of carbonyl (C=O) groups is 1. The third-order valence-electron chi connectivity index (χ3n) is 0.382. The number of hydrogen-bond acceptors (Lipinski definition) is 4. The molecule has 66 valence electrons. The SMILES string of the molecule is Cl.NN=CNN=CC(=O)O.O. The summed E-state index contributed by atoms with van der Waals surface area (Å²) in [7, 11) is 0. The molecule has 0 atom stereocenters. The van der Waals surface area contributed by atoms with E-state index in [1.165, 1.54) is 0 Å². The fourth-order valence-corrected chi connectivity index (χ4v) is 0.159. The molecule has 7 nitrogen and oxygen atoms in total. The maximum absolute atomic E-state index is 9.70. The summed E-state index contributed by atoms with van der Waals surface area (Å²) in [5.41, 5.74) is 2.14. The third kappa shape index (κ3) is 17.7. The summed E-state index contributed by atoms with van der Waals surface area (Å²) in [4.78, 5) is 9.70. The second kappa shape index (κ2) is 11.5. The zero-order valence-corrected chi connectivity index (χ0v) is 6.21. The van der Waals surface area contributed by atoms with Crippen LogP contribution in [-0.2, 0) is 4.79 Å². The summed E-state index contributed by atoms with van der Waals surface area (Å²) in [6.07, 6.45) is 1.74. The van der Waals surface area contributed by atoms with Crippen molar-refractivity contribution in [2.24, 2.45) is 16.0 Å². The van der Waals surface area contributed by atoms with Gasteiger partial charge in [-0.05, 0) is 0 Å². The standard InChI is InChI=1S/C3H6N4O2.ClH.H2O/c4-5-2-7-6-1-3(8)9;;/h1-2H,4H2,(H,5,7)(H,8,9);1H;1H2. The van der Waals surface area contributed by atoms with Crippen molar-refractivity contribution in [2.75, 3.05) is 0 Å². The highest BCUT2D eigenvalue weighted by Crippen LogP contribution is 1.53. The Kier molecular flexibility index (Phi) is 17.0. The highest BCUT2D eigenvalue weighted by atomic mass is 35.5. The Hall–Kier alpha value is -1.34. The zero-order valence-electron chi connectivity index (χ0n) is 5.39. The van der Waals surface area contributed by atoms with Gasteiger partial charge in [0.15, 0.2) is 0 Å². The average Bonchev–Trinajstić information content (AvgIpc) is 1.80. The number of hydrazone groups is 2. The third-order valence-corrected chi connectivity index (χ3v) is 0.382. The molecule has 0 aromatic heterocycles. The highest BCUT2D eigenvalue weighted by molar-refractivity contribution is 6.21. The van der Waals surface area contributed by atoms with Crippen molar-refractivity contribution in [1.82, 2.24) is 5.43 Å². The van der Waals surface area contributed by atoms with Crippen molar-refractivity contribution in [3.8, 4) is 0 Å². The van der Waals surface area contributed by atoms with Crippen molar-refractivity contribution in [2.45, 2.75) is 0 Å². The molecule has 0 rings (SSSR count). The van der Waals surface area contributed by atoms with Crippen LogP contribution in [0.1, 0.15) is 0 Å². The lowest BCUT2D eigenvalue weighted by Crippen LogP contribution is -2.06. The molecule has 0 fully saturated rings. The van der Waals surface area contributed by atoms with E-state index in [0.717, 1.165) is 6.34 Å². The number of nitrogens with one attached hydrogen (secondary N) is 1. The molecule has 8 heteroatoms. The molecular formula is C3H9ClN4O3. The number of aliphatic carboxylic acids is 1. The smallest absolute Gasteiger partial charge is 0.348 e. The van der Waals surface area contributed by atoms with Crippen LogP contribution in [0.15, 0.2) is 10.2 Å². The minimum absolute atomic E-state index is 0. The van der Waals surface area contributed by atoms with Gasteiger partial charge in [0.2, 0.25) is 0 Å². The van der Waals surface area contributed by atoms with Gasteiger partial charge in [-0.3, -0.25) is 5.43 Å². The van der Waals surface area contributed by atoms with Gasteiger partial charge in [-0.1, -0.05) is 0 Å². The molecule has 0 aromatic carbocycles. The van der Waals surface area contributed by atoms with Crippen molar-refractivity contribution in [3.05, 3.63) is 0 Å². The number of nitrogens with two attached hydrogens (primary N) is 1. The van der Waals surface area contributed by atoms with E-state index >= 15 is 0 Å². The number of rotatable bonds is 3. The Morgan fingerprint density at radius 3 is 2.55 bits per heavy atom. The quantitative estimate of drug-likeness (QED) is 0.205. The average molecular weight is 185 g/mol. The Balaban J connectivity index is -0.000000320. The molecule has 0 aromatic rings. The first-order chi connectivity index (χ1) is 4.27. The fourth-order valence-electron chi connectivity index (χ4n) is 0.159. The number of hydrogen-bond donors (Lipinski definition) is 3. The fraction of sp³-hybridized carbons (Fsp3) is 0. The lowest BCUT2D eigenvalue weighted by molar-refractivity contribution is -0.128. The van der Waals surface area contributed by atoms with Gasteiger partial charge in [-0.2, -0.15) is 10.2 Å². The minimum Gasteiger partial charge on any atom is -0.477 e. The predicted octanol–water partition coefficient (Wildman–Crippen LogP) is -1.85. The minimum atomic E-state index is -1.13. The van der Waals surface area contributed by atoms with Crippen LogP contribution < -0.4 is 11.3 Å². The van der Waals surface area contributed by atoms with Gasteiger partial charge in [0.25, 0.3) is 0 Å². The van der Waals surface area contributed by atoms with Crippen molar-refractivity contribution < 1.29 is 15.4 Å². The van der Waals surface area contributed by atoms with E-state index in [4.69, 9.17) is 5.11 Å². The Labute approximate surface area is 68.7 Å². The first-order valence-electron chi connectivity index (χ1n) is 2.00. The summed E-state index contributed by atoms with van der Waals surface area (Å²) in [6, 6.07) is 0. The number of carboxylic acid groups (broad SMARTS) is 1. The maximum atomic E-state index is 9.70. The van der Waals surface area contributed by atoms with E-state index < -0.39 is 5.97 Å². The monoisotopic (exact) mass is 184 g/mol. The molecule has 0 spiro atoms. The van der Waals surface area contributed by atoms with Crippen molar-refractivity contribution >= 4 is 30.9 Å². The van der Waals surface area contributed by atoms with Crippen LogP contribution in [-0.4, -0.2) is 29.1 Å². The molecule has 0 radical (unpaired) electrons. The van der Waals surface area contributed by atoms with Gasteiger partial charge < -0.3 is 16.4 Å². The van der Waals surface area contributed by atoms with Crippen LogP contribution in [0.3, 0.4) is 0 Å². The summed E-state index contributed by atoms with van der Waals surface area (Å²) in [5.74, 6) is 3.50. The van der Waals surface area contributed by atoms with E-state index in [2.05, 4.69) is 21.5 Å². The molecule has 0 aliphatic rings. The van der Waals surface area contributed by atoms with Gasteiger partial charge in [0.1, 0.15) is 12.6 Å². The lowest BCUT2D eigenvalue weighted by Gasteiger charge is -1.82. The van der Waals surface area contributed by atoms with Gasteiger partial charge in [-0.25, -0.2) is 4.79 Å². The van der Waals surface area contributed by atoms with E-state index in [1.807, 2.05) is 0 Å². The number of carboxylic acids is 1.